The van der Waals surface area contributed by atoms with Gasteiger partial charge in [0, 0.05) is 16.8 Å². The van der Waals surface area contributed by atoms with Gasteiger partial charge in [0.2, 0.25) is 0 Å². The number of halogens is 1. The summed E-state index contributed by atoms with van der Waals surface area (Å²) in [6, 6.07) is 4.99. The number of aliphatic carboxylic acids is 1. The third-order valence-electron chi connectivity index (χ3n) is 2.67. The van der Waals surface area contributed by atoms with Gasteiger partial charge in [-0.25, -0.2) is 4.79 Å². The van der Waals surface area contributed by atoms with Crippen LogP contribution in [0.15, 0.2) is 22.7 Å². The van der Waals surface area contributed by atoms with Crippen LogP contribution in [0.4, 0.5) is 0 Å². The van der Waals surface area contributed by atoms with Crippen molar-refractivity contribution in [2.45, 2.75) is 33.3 Å². The van der Waals surface area contributed by atoms with E-state index in [1.54, 1.807) is 39.0 Å². The van der Waals surface area contributed by atoms with E-state index in [4.69, 9.17) is 9.84 Å². The molecule has 0 heterocycles. The molecule has 0 saturated heterocycles. The highest BCUT2D eigenvalue weighted by molar-refractivity contribution is 9.10. The summed E-state index contributed by atoms with van der Waals surface area (Å²) in [5.41, 5.74) is 0.406. The van der Waals surface area contributed by atoms with Crippen molar-refractivity contribution in [3.63, 3.8) is 0 Å². The quantitative estimate of drug-likeness (QED) is 0.811. The number of ether oxygens (including phenoxy) is 1. The second-order valence-corrected chi connectivity index (χ2v) is 5.45. The Morgan fingerprint density at radius 2 is 2.00 bits per heavy atom. The number of hydrogen-bond acceptors (Lipinski definition) is 3. The lowest BCUT2D eigenvalue weighted by atomic mass is 10.1. The number of ketones is 1. The van der Waals surface area contributed by atoms with Gasteiger partial charge in [-0.05, 0) is 18.2 Å². The van der Waals surface area contributed by atoms with E-state index in [1.807, 2.05) is 0 Å². The molecule has 0 aromatic heterocycles. The van der Waals surface area contributed by atoms with Crippen molar-refractivity contribution < 1.29 is 19.4 Å². The molecule has 0 spiro atoms. The number of Topliss-reactive ketones (excluding diaryl/α,β-unsaturated/α-hetero) is 1. The highest BCUT2D eigenvalue weighted by Crippen LogP contribution is 2.26. The Bertz CT molecular complexity index is 482. The van der Waals surface area contributed by atoms with Crippen LogP contribution in [0, 0.1) is 5.92 Å². The minimum absolute atomic E-state index is 0.0794. The molecular weight excluding hydrogens is 312 g/mol. The summed E-state index contributed by atoms with van der Waals surface area (Å²) in [7, 11) is 0. The van der Waals surface area contributed by atoms with Crippen molar-refractivity contribution in [1.29, 1.82) is 0 Å². The fraction of sp³-hybridized carbons (Fsp3) is 0.429. The van der Waals surface area contributed by atoms with E-state index >= 15 is 0 Å². The smallest absolute Gasteiger partial charge is 0.345 e. The lowest BCUT2D eigenvalue weighted by molar-refractivity contribution is -0.147. The first kappa shape index (κ1) is 15.7. The summed E-state index contributed by atoms with van der Waals surface area (Å²) < 4.78 is 6.26. The maximum absolute atomic E-state index is 11.9. The fourth-order valence-electron chi connectivity index (χ4n) is 1.62. The average Bonchev–Trinajstić information content (AvgIpc) is 2.35. The van der Waals surface area contributed by atoms with Crippen LogP contribution < -0.4 is 4.74 Å². The Labute approximate surface area is 120 Å². The molecule has 19 heavy (non-hydrogen) atoms. The average molecular weight is 329 g/mol. The number of carboxylic acid groups (broad SMARTS) is 1. The lowest BCUT2D eigenvalue weighted by Crippen LogP contribution is -2.32. The van der Waals surface area contributed by atoms with Crippen LogP contribution in [0.5, 0.6) is 5.75 Å². The van der Waals surface area contributed by atoms with Gasteiger partial charge < -0.3 is 9.84 Å². The third-order valence-corrected chi connectivity index (χ3v) is 3.16. The summed E-state index contributed by atoms with van der Waals surface area (Å²) in [6.45, 7) is 5.28. The molecule has 4 nitrogen and oxygen atoms in total. The van der Waals surface area contributed by atoms with Gasteiger partial charge in [-0.1, -0.05) is 36.7 Å². The second-order valence-electron chi connectivity index (χ2n) is 4.54. The van der Waals surface area contributed by atoms with Gasteiger partial charge in [0.25, 0.3) is 0 Å². The topological polar surface area (TPSA) is 63.6 Å². The summed E-state index contributed by atoms with van der Waals surface area (Å²) in [5.74, 6) is -0.987. The molecule has 0 saturated carbocycles. The van der Waals surface area contributed by atoms with Crippen molar-refractivity contribution in [2.75, 3.05) is 0 Å². The summed E-state index contributed by atoms with van der Waals surface area (Å²) >= 11 is 3.29. The van der Waals surface area contributed by atoms with Gasteiger partial charge >= 0.3 is 5.97 Å². The van der Waals surface area contributed by atoms with E-state index in [-0.39, 0.29) is 11.7 Å². The van der Waals surface area contributed by atoms with E-state index < -0.39 is 12.1 Å². The van der Waals surface area contributed by atoms with Crippen molar-refractivity contribution >= 4 is 27.7 Å². The molecule has 0 aliphatic heterocycles. The van der Waals surface area contributed by atoms with E-state index in [2.05, 4.69) is 15.9 Å². The number of benzene rings is 1. The van der Waals surface area contributed by atoms with Crippen molar-refractivity contribution in [3.05, 3.63) is 28.2 Å². The monoisotopic (exact) mass is 328 g/mol. The van der Waals surface area contributed by atoms with Crippen LogP contribution in [0.25, 0.3) is 0 Å². The van der Waals surface area contributed by atoms with Crippen molar-refractivity contribution in [3.8, 4) is 5.75 Å². The molecule has 0 radical (unpaired) electrons. The molecule has 5 heteroatoms. The Morgan fingerprint density at radius 1 is 1.37 bits per heavy atom. The maximum atomic E-state index is 11.9. The number of carbonyl (C=O) groups is 2. The molecule has 0 aliphatic rings. The Morgan fingerprint density at radius 3 is 2.47 bits per heavy atom. The summed E-state index contributed by atoms with van der Waals surface area (Å²) in [4.78, 5) is 23.0. The van der Waals surface area contributed by atoms with Crippen LogP contribution in [0.2, 0.25) is 0 Å². The third kappa shape index (κ3) is 4.06. The maximum Gasteiger partial charge on any atom is 0.345 e. The van der Waals surface area contributed by atoms with Gasteiger partial charge in [0.05, 0.1) is 5.56 Å². The van der Waals surface area contributed by atoms with Crippen LogP contribution in [0.1, 0.15) is 37.6 Å². The lowest BCUT2D eigenvalue weighted by Gasteiger charge is -2.20. The number of carboxylic acids is 1. The first-order chi connectivity index (χ1) is 8.86. The molecular formula is C14H17BrO4. The highest BCUT2D eigenvalue weighted by Gasteiger charge is 2.25. The molecule has 0 amide bonds. The van der Waals surface area contributed by atoms with Gasteiger partial charge in [-0.3, -0.25) is 4.79 Å². The van der Waals surface area contributed by atoms with Crippen LogP contribution in [-0.2, 0) is 4.79 Å². The Balaban J connectivity index is 3.12. The largest absolute Gasteiger partial charge is 0.478 e. The van der Waals surface area contributed by atoms with Gasteiger partial charge in [-0.15, -0.1) is 0 Å². The molecule has 1 aromatic rings. The molecule has 0 bridgehead atoms. The van der Waals surface area contributed by atoms with Gasteiger partial charge in [0.1, 0.15) is 5.75 Å². The van der Waals surface area contributed by atoms with E-state index in [0.29, 0.717) is 17.7 Å². The number of carbonyl (C=O) groups excluding carboxylic acids is 1. The van der Waals surface area contributed by atoms with Crippen LogP contribution >= 0.6 is 15.9 Å². The zero-order chi connectivity index (χ0) is 14.6. The van der Waals surface area contributed by atoms with Crippen LogP contribution in [-0.4, -0.2) is 23.0 Å². The fourth-order valence-corrected chi connectivity index (χ4v) is 1.98. The molecule has 1 rings (SSSR count). The van der Waals surface area contributed by atoms with Crippen molar-refractivity contribution in [1.82, 2.24) is 0 Å². The summed E-state index contributed by atoms with van der Waals surface area (Å²) in [5, 5.41) is 9.13. The molecule has 1 atom stereocenters. The standard InChI is InChI=1S/C14H17BrO4/c1-4-11(16)10-7-9(15)5-6-12(10)19-13(8(2)3)14(17)18/h5-8,13H,4H2,1-3H3,(H,17,18). The Kier molecular flexibility index (Phi) is 5.54. The number of hydrogen-bond donors (Lipinski definition) is 1. The van der Waals surface area contributed by atoms with Gasteiger partial charge in [0.15, 0.2) is 11.9 Å². The first-order valence-corrected chi connectivity index (χ1v) is 6.88. The van der Waals surface area contributed by atoms with E-state index in [0.717, 1.165) is 4.47 Å². The van der Waals surface area contributed by atoms with E-state index in [1.165, 1.54) is 0 Å². The van der Waals surface area contributed by atoms with Crippen LogP contribution in [0.3, 0.4) is 0 Å². The number of rotatable bonds is 6. The minimum atomic E-state index is -1.03. The predicted molar refractivity (Wildman–Crippen MR) is 75.7 cm³/mol. The molecule has 0 aliphatic carbocycles. The molecule has 104 valence electrons. The second kappa shape index (κ2) is 6.70. The Hall–Kier alpha value is -1.36. The minimum Gasteiger partial charge on any atom is -0.478 e. The predicted octanol–water partition coefficient (Wildman–Crippen LogP) is 3.53. The molecule has 1 aromatic carbocycles. The van der Waals surface area contributed by atoms with Gasteiger partial charge in [-0.2, -0.15) is 0 Å². The molecule has 1 unspecified atom stereocenters. The van der Waals surface area contributed by atoms with E-state index in [9.17, 15) is 9.59 Å². The zero-order valence-electron chi connectivity index (χ0n) is 11.1. The summed E-state index contributed by atoms with van der Waals surface area (Å²) in [6.07, 6.45) is -0.628. The zero-order valence-corrected chi connectivity index (χ0v) is 12.7. The first-order valence-electron chi connectivity index (χ1n) is 6.09. The molecule has 0 fully saturated rings. The van der Waals surface area contributed by atoms with Crippen molar-refractivity contribution in [2.24, 2.45) is 5.92 Å². The normalized spacial score (nSPS) is 12.3. The molecule has 1 N–H and O–H groups in total. The SMILES string of the molecule is CCC(=O)c1cc(Br)ccc1OC(C(=O)O)C(C)C. The highest BCUT2D eigenvalue weighted by atomic mass is 79.9.